The number of pyridine rings is 1. The molecule has 5 nitrogen and oxygen atoms in total. The smallest absolute Gasteiger partial charge is 0.331 e. The zero-order chi connectivity index (χ0) is 16.2. The number of nitrogens with two attached hydrogens (primary N) is 1. The summed E-state index contributed by atoms with van der Waals surface area (Å²) in [4.78, 5) is 16.2. The molecular weight excluding hydrogens is 278 g/mol. The van der Waals surface area contributed by atoms with Gasteiger partial charge in [0.05, 0.1) is 12.3 Å². The van der Waals surface area contributed by atoms with E-state index in [1.165, 1.54) is 0 Å². The number of hydrogen-bond donors (Lipinski definition) is 2. The summed E-state index contributed by atoms with van der Waals surface area (Å²) < 4.78 is 5.06. The molecule has 0 unspecified atom stereocenters. The molecule has 0 radical (unpaired) electrons. The number of aromatic nitrogens is 1. The molecule has 2 rings (SSSR count). The molecule has 0 aliphatic carbocycles. The summed E-state index contributed by atoms with van der Waals surface area (Å²) in [7, 11) is 0. The fourth-order valence-electron chi connectivity index (χ4n) is 2.06. The maximum Gasteiger partial charge on any atom is 0.331 e. The van der Waals surface area contributed by atoms with Crippen LogP contribution in [0.15, 0.2) is 42.5 Å². The van der Waals surface area contributed by atoms with Gasteiger partial charge in [-0.3, -0.25) is 0 Å². The SMILES string of the molecule is CCOC(=O)C(C)(C)Nc1ccc(-c2cccc(N)n2)cc1. The maximum atomic E-state index is 11.9. The van der Waals surface area contributed by atoms with Crippen LogP contribution in [0.4, 0.5) is 11.5 Å². The minimum Gasteiger partial charge on any atom is -0.464 e. The molecule has 5 heteroatoms. The summed E-state index contributed by atoms with van der Waals surface area (Å²) in [5.74, 6) is 0.208. The van der Waals surface area contributed by atoms with Gasteiger partial charge in [-0.2, -0.15) is 0 Å². The Morgan fingerprint density at radius 3 is 2.50 bits per heavy atom. The fraction of sp³-hybridized carbons (Fsp3) is 0.294. The third kappa shape index (κ3) is 3.75. The van der Waals surface area contributed by atoms with E-state index in [0.717, 1.165) is 16.9 Å². The predicted octanol–water partition coefficient (Wildman–Crippen LogP) is 3.08. The fourth-order valence-corrected chi connectivity index (χ4v) is 2.06. The van der Waals surface area contributed by atoms with Crippen LogP contribution >= 0.6 is 0 Å². The maximum absolute atomic E-state index is 11.9. The molecule has 1 aromatic carbocycles. The Bertz CT molecular complexity index is 651. The zero-order valence-corrected chi connectivity index (χ0v) is 13.1. The molecule has 0 spiro atoms. The molecule has 116 valence electrons. The molecule has 0 fully saturated rings. The highest BCUT2D eigenvalue weighted by Crippen LogP contribution is 2.22. The second-order valence-corrected chi connectivity index (χ2v) is 5.50. The molecule has 2 aromatic rings. The largest absolute Gasteiger partial charge is 0.464 e. The highest BCUT2D eigenvalue weighted by molar-refractivity contribution is 5.83. The van der Waals surface area contributed by atoms with Gasteiger partial charge in [-0.25, -0.2) is 9.78 Å². The van der Waals surface area contributed by atoms with Gasteiger partial charge < -0.3 is 15.8 Å². The summed E-state index contributed by atoms with van der Waals surface area (Å²) in [6.45, 7) is 5.74. The van der Waals surface area contributed by atoms with Crippen LogP contribution in [0.25, 0.3) is 11.3 Å². The van der Waals surface area contributed by atoms with Crippen molar-refractivity contribution in [2.75, 3.05) is 17.7 Å². The summed E-state index contributed by atoms with van der Waals surface area (Å²) in [6, 6.07) is 13.2. The highest BCUT2D eigenvalue weighted by Gasteiger charge is 2.28. The molecule has 0 saturated heterocycles. The van der Waals surface area contributed by atoms with Crippen LogP contribution in [0, 0.1) is 0 Å². The van der Waals surface area contributed by atoms with E-state index in [2.05, 4.69) is 10.3 Å². The van der Waals surface area contributed by atoms with Gasteiger partial charge in [-0.1, -0.05) is 18.2 Å². The van der Waals surface area contributed by atoms with Crippen LogP contribution in [0.5, 0.6) is 0 Å². The van der Waals surface area contributed by atoms with Crippen LogP contribution in [0.1, 0.15) is 20.8 Å². The number of anilines is 2. The van der Waals surface area contributed by atoms with Crippen molar-refractivity contribution in [2.45, 2.75) is 26.3 Å². The zero-order valence-electron chi connectivity index (χ0n) is 13.1. The lowest BCUT2D eigenvalue weighted by atomic mass is 10.0. The number of nitrogens with one attached hydrogen (secondary N) is 1. The predicted molar refractivity (Wildman–Crippen MR) is 88.4 cm³/mol. The summed E-state index contributed by atoms with van der Waals surface area (Å²) in [6.07, 6.45) is 0. The molecule has 3 N–H and O–H groups in total. The van der Waals surface area contributed by atoms with Crippen LogP contribution < -0.4 is 11.1 Å². The minimum atomic E-state index is -0.785. The number of rotatable bonds is 5. The first kappa shape index (κ1) is 15.8. The van der Waals surface area contributed by atoms with Gasteiger partial charge in [0.2, 0.25) is 0 Å². The summed E-state index contributed by atoms with van der Waals surface area (Å²) >= 11 is 0. The van der Waals surface area contributed by atoms with Gasteiger partial charge in [0, 0.05) is 11.3 Å². The Morgan fingerprint density at radius 1 is 1.23 bits per heavy atom. The Morgan fingerprint density at radius 2 is 1.91 bits per heavy atom. The first-order valence-electron chi connectivity index (χ1n) is 7.21. The lowest BCUT2D eigenvalue weighted by Gasteiger charge is -2.25. The van der Waals surface area contributed by atoms with Crippen LogP contribution in [0.2, 0.25) is 0 Å². The molecule has 1 heterocycles. The molecule has 0 aliphatic rings. The van der Waals surface area contributed by atoms with E-state index in [0.29, 0.717) is 12.4 Å². The van der Waals surface area contributed by atoms with E-state index in [1.807, 2.05) is 36.4 Å². The van der Waals surface area contributed by atoms with Crippen molar-refractivity contribution in [1.29, 1.82) is 0 Å². The van der Waals surface area contributed by atoms with E-state index in [4.69, 9.17) is 10.5 Å². The van der Waals surface area contributed by atoms with Crippen molar-refractivity contribution in [1.82, 2.24) is 4.98 Å². The van der Waals surface area contributed by atoms with Crippen molar-refractivity contribution >= 4 is 17.5 Å². The monoisotopic (exact) mass is 299 g/mol. The number of nitrogens with zero attached hydrogens (tertiary/aromatic N) is 1. The second kappa shape index (κ2) is 6.47. The first-order valence-corrected chi connectivity index (χ1v) is 7.21. The van der Waals surface area contributed by atoms with Crippen molar-refractivity contribution < 1.29 is 9.53 Å². The Balaban J connectivity index is 2.14. The number of hydrogen-bond acceptors (Lipinski definition) is 5. The molecule has 0 aliphatic heterocycles. The van der Waals surface area contributed by atoms with E-state index in [1.54, 1.807) is 26.8 Å². The molecule has 0 atom stereocenters. The van der Waals surface area contributed by atoms with Crippen molar-refractivity contribution in [3.63, 3.8) is 0 Å². The number of carbonyl (C=O) groups excluding carboxylic acids is 1. The Kier molecular flexibility index (Phi) is 4.65. The van der Waals surface area contributed by atoms with Crippen LogP contribution in [-0.4, -0.2) is 23.1 Å². The van der Waals surface area contributed by atoms with Gasteiger partial charge in [0.25, 0.3) is 0 Å². The summed E-state index contributed by atoms with van der Waals surface area (Å²) in [5.41, 5.74) is 7.53. The van der Waals surface area contributed by atoms with Crippen molar-refractivity contribution in [3.05, 3.63) is 42.5 Å². The third-order valence-electron chi connectivity index (χ3n) is 3.19. The molecule has 1 aromatic heterocycles. The van der Waals surface area contributed by atoms with E-state index >= 15 is 0 Å². The van der Waals surface area contributed by atoms with Crippen molar-refractivity contribution in [2.24, 2.45) is 0 Å². The average Bonchev–Trinajstić information content (AvgIpc) is 2.48. The lowest BCUT2D eigenvalue weighted by Crippen LogP contribution is -2.41. The normalized spacial score (nSPS) is 11.0. The van der Waals surface area contributed by atoms with Gasteiger partial charge in [-0.05, 0) is 45.0 Å². The molecule has 0 saturated carbocycles. The molecule has 0 amide bonds. The minimum absolute atomic E-state index is 0.281. The van der Waals surface area contributed by atoms with Crippen molar-refractivity contribution in [3.8, 4) is 11.3 Å². The van der Waals surface area contributed by atoms with Gasteiger partial charge in [0.15, 0.2) is 0 Å². The Labute approximate surface area is 130 Å². The van der Waals surface area contributed by atoms with Gasteiger partial charge in [-0.15, -0.1) is 0 Å². The highest BCUT2D eigenvalue weighted by atomic mass is 16.5. The molecule has 0 bridgehead atoms. The van der Waals surface area contributed by atoms with E-state index < -0.39 is 5.54 Å². The standard InChI is InChI=1S/C17H21N3O2/c1-4-22-16(21)17(2,3)20-13-10-8-12(9-11-13)14-6-5-7-15(18)19-14/h5-11,20H,4H2,1-3H3,(H2,18,19). The third-order valence-corrected chi connectivity index (χ3v) is 3.19. The van der Waals surface area contributed by atoms with Gasteiger partial charge >= 0.3 is 5.97 Å². The number of carbonyl (C=O) groups is 1. The number of benzene rings is 1. The molecular formula is C17H21N3O2. The number of nitrogen functional groups attached to an aromatic ring is 1. The van der Waals surface area contributed by atoms with Crippen LogP contribution in [0.3, 0.4) is 0 Å². The number of ether oxygens (including phenoxy) is 1. The topological polar surface area (TPSA) is 77.2 Å². The summed E-state index contributed by atoms with van der Waals surface area (Å²) in [5, 5.41) is 3.17. The second-order valence-electron chi connectivity index (χ2n) is 5.50. The first-order chi connectivity index (χ1) is 10.4. The van der Waals surface area contributed by atoms with Crippen LogP contribution in [-0.2, 0) is 9.53 Å². The average molecular weight is 299 g/mol. The van der Waals surface area contributed by atoms with E-state index in [-0.39, 0.29) is 5.97 Å². The molecule has 22 heavy (non-hydrogen) atoms. The number of esters is 1. The Hall–Kier alpha value is -2.56. The quantitative estimate of drug-likeness (QED) is 0.830. The van der Waals surface area contributed by atoms with E-state index in [9.17, 15) is 4.79 Å². The van der Waals surface area contributed by atoms with Gasteiger partial charge in [0.1, 0.15) is 11.4 Å². The lowest BCUT2D eigenvalue weighted by molar-refractivity contribution is -0.147.